The zero-order chi connectivity index (χ0) is 14.7. The van der Waals surface area contributed by atoms with Crippen LogP contribution in [-0.2, 0) is 0 Å². The molecule has 0 aromatic heterocycles. The number of hydrogen-bond donors (Lipinski definition) is 3. The molecule has 108 valence electrons. The van der Waals surface area contributed by atoms with Crippen LogP contribution in [0.5, 0.6) is 0 Å². The molecule has 1 heterocycles. The predicted molar refractivity (Wildman–Crippen MR) is 73.9 cm³/mol. The number of amides is 2. The van der Waals surface area contributed by atoms with E-state index in [0.29, 0.717) is 24.3 Å². The van der Waals surface area contributed by atoms with Crippen LogP contribution in [0.25, 0.3) is 0 Å². The molecule has 0 spiro atoms. The van der Waals surface area contributed by atoms with Crippen LogP contribution < -0.4 is 5.32 Å². The number of aliphatic hydroxyl groups is 1. The summed E-state index contributed by atoms with van der Waals surface area (Å²) in [6, 6.07) is 4.54. The van der Waals surface area contributed by atoms with Crippen molar-refractivity contribution in [3.8, 4) is 0 Å². The van der Waals surface area contributed by atoms with E-state index in [1.165, 1.54) is 6.07 Å². The monoisotopic (exact) mass is 278 g/mol. The maximum atomic E-state index is 12.1. The number of carbonyl (C=O) groups is 2. The minimum absolute atomic E-state index is 0.0640. The van der Waals surface area contributed by atoms with Gasteiger partial charge in [-0.3, -0.25) is 0 Å². The molecule has 1 aliphatic heterocycles. The van der Waals surface area contributed by atoms with Crippen LogP contribution in [0.2, 0.25) is 0 Å². The standard InChI is InChI=1S/C14H18N2O4/c1-9-3-2-4-11(13(18)19)12(9)15-14(20)16-6-5-10(7-16)8-17/h2-4,10,17H,5-8H2,1H3,(H,15,20)(H,18,19). The van der Waals surface area contributed by atoms with E-state index in [1.807, 2.05) is 0 Å². The summed E-state index contributed by atoms with van der Waals surface area (Å²) in [6.07, 6.45) is 0.767. The lowest BCUT2D eigenvalue weighted by Gasteiger charge is -2.19. The smallest absolute Gasteiger partial charge is 0.337 e. The van der Waals surface area contributed by atoms with Gasteiger partial charge in [-0.15, -0.1) is 0 Å². The maximum absolute atomic E-state index is 12.1. The van der Waals surface area contributed by atoms with Crippen molar-refractivity contribution in [3.05, 3.63) is 29.3 Å². The average Bonchev–Trinajstić information content (AvgIpc) is 2.89. The van der Waals surface area contributed by atoms with Gasteiger partial charge in [0, 0.05) is 25.6 Å². The first-order chi connectivity index (χ1) is 9.52. The highest BCUT2D eigenvalue weighted by molar-refractivity contribution is 6.01. The Hall–Kier alpha value is -2.08. The Morgan fingerprint density at radius 2 is 2.20 bits per heavy atom. The molecular weight excluding hydrogens is 260 g/mol. The molecule has 0 saturated carbocycles. The number of nitrogens with zero attached hydrogens (tertiary/aromatic N) is 1. The number of likely N-dealkylation sites (tertiary alicyclic amines) is 1. The second-order valence-corrected chi connectivity index (χ2v) is 5.02. The van der Waals surface area contributed by atoms with E-state index in [-0.39, 0.29) is 24.1 Å². The Labute approximate surface area is 117 Å². The van der Waals surface area contributed by atoms with Gasteiger partial charge < -0.3 is 20.4 Å². The van der Waals surface area contributed by atoms with E-state index >= 15 is 0 Å². The second kappa shape index (κ2) is 5.92. The summed E-state index contributed by atoms with van der Waals surface area (Å²) in [7, 11) is 0. The molecular formula is C14H18N2O4. The zero-order valence-electron chi connectivity index (χ0n) is 11.3. The van der Waals surface area contributed by atoms with Crippen LogP contribution in [0.15, 0.2) is 18.2 Å². The first-order valence-corrected chi connectivity index (χ1v) is 6.52. The predicted octanol–water partition coefficient (Wildman–Crippen LogP) is 1.54. The first kappa shape index (κ1) is 14.3. The number of para-hydroxylation sites is 1. The third-order valence-corrected chi connectivity index (χ3v) is 3.57. The molecule has 2 amide bonds. The van der Waals surface area contributed by atoms with E-state index in [4.69, 9.17) is 10.2 Å². The number of carboxylic acids is 1. The molecule has 3 N–H and O–H groups in total. The van der Waals surface area contributed by atoms with Crippen molar-refractivity contribution < 1.29 is 19.8 Å². The molecule has 0 aliphatic carbocycles. The molecule has 6 nitrogen and oxygen atoms in total. The molecule has 0 bridgehead atoms. The molecule has 1 unspecified atom stereocenters. The highest BCUT2D eigenvalue weighted by atomic mass is 16.4. The van der Waals surface area contributed by atoms with Crippen LogP contribution >= 0.6 is 0 Å². The number of nitrogens with one attached hydrogen (secondary N) is 1. The Morgan fingerprint density at radius 3 is 2.80 bits per heavy atom. The number of aliphatic hydroxyl groups excluding tert-OH is 1. The van der Waals surface area contributed by atoms with Crippen LogP contribution in [-0.4, -0.2) is 46.8 Å². The van der Waals surface area contributed by atoms with Crippen LogP contribution in [0.4, 0.5) is 10.5 Å². The number of hydrogen-bond acceptors (Lipinski definition) is 3. The van der Waals surface area contributed by atoms with E-state index in [1.54, 1.807) is 24.0 Å². The molecule has 1 atom stereocenters. The molecule has 1 saturated heterocycles. The SMILES string of the molecule is Cc1cccc(C(=O)O)c1NC(=O)N1CCC(CO)C1. The van der Waals surface area contributed by atoms with Gasteiger partial charge in [0.2, 0.25) is 0 Å². The Kier molecular flexibility index (Phi) is 4.24. The fourth-order valence-electron chi connectivity index (χ4n) is 2.36. The number of rotatable bonds is 3. The summed E-state index contributed by atoms with van der Waals surface area (Å²) in [5.41, 5.74) is 1.12. The van der Waals surface area contributed by atoms with Crippen LogP contribution in [0.3, 0.4) is 0 Å². The normalized spacial score (nSPS) is 18.1. The number of aryl methyl sites for hydroxylation is 1. The van der Waals surface area contributed by atoms with Gasteiger partial charge in [0.05, 0.1) is 11.3 Å². The van der Waals surface area contributed by atoms with Gasteiger partial charge in [-0.1, -0.05) is 12.1 Å². The second-order valence-electron chi connectivity index (χ2n) is 5.02. The van der Waals surface area contributed by atoms with Crippen molar-refractivity contribution in [1.82, 2.24) is 4.90 Å². The summed E-state index contributed by atoms with van der Waals surface area (Å²) in [5.74, 6) is -0.963. The molecule has 6 heteroatoms. The molecule has 1 aromatic rings. The molecule has 1 fully saturated rings. The van der Waals surface area contributed by atoms with E-state index in [2.05, 4.69) is 5.32 Å². The van der Waals surface area contributed by atoms with Gasteiger partial charge in [0.1, 0.15) is 0 Å². The van der Waals surface area contributed by atoms with Gasteiger partial charge in [0.25, 0.3) is 0 Å². The lowest BCUT2D eigenvalue weighted by molar-refractivity contribution is 0.0698. The fourth-order valence-corrected chi connectivity index (χ4v) is 2.36. The fraction of sp³-hybridized carbons (Fsp3) is 0.429. The number of urea groups is 1. The Balaban J connectivity index is 2.14. The number of carboxylic acid groups (broad SMARTS) is 1. The van der Waals surface area contributed by atoms with Gasteiger partial charge in [0.15, 0.2) is 0 Å². The number of benzene rings is 1. The minimum Gasteiger partial charge on any atom is -0.478 e. The molecule has 2 rings (SSSR count). The van der Waals surface area contributed by atoms with Crippen molar-refractivity contribution in [2.24, 2.45) is 5.92 Å². The maximum Gasteiger partial charge on any atom is 0.337 e. The van der Waals surface area contributed by atoms with Crippen molar-refractivity contribution in [3.63, 3.8) is 0 Å². The Bertz CT molecular complexity index is 530. The zero-order valence-corrected chi connectivity index (χ0v) is 11.3. The summed E-state index contributed by atoms with van der Waals surface area (Å²) in [6.45, 7) is 2.89. The van der Waals surface area contributed by atoms with Gasteiger partial charge in [-0.25, -0.2) is 9.59 Å². The summed E-state index contributed by atoms with van der Waals surface area (Å²) in [4.78, 5) is 24.9. The minimum atomic E-state index is -1.07. The van der Waals surface area contributed by atoms with Gasteiger partial charge in [-0.2, -0.15) is 0 Å². The quantitative estimate of drug-likeness (QED) is 0.782. The molecule has 1 aromatic carbocycles. The van der Waals surface area contributed by atoms with E-state index < -0.39 is 5.97 Å². The van der Waals surface area contributed by atoms with Crippen molar-refractivity contribution in [2.75, 3.05) is 25.0 Å². The topological polar surface area (TPSA) is 89.9 Å². The largest absolute Gasteiger partial charge is 0.478 e. The van der Waals surface area contributed by atoms with Crippen molar-refractivity contribution in [2.45, 2.75) is 13.3 Å². The summed E-state index contributed by atoms with van der Waals surface area (Å²) < 4.78 is 0. The highest BCUT2D eigenvalue weighted by Gasteiger charge is 2.26. The lowest BCUT2D eigenvalue weighted by atomic mass is 10.1. The molecule has 0 radical (unpaired) electrons. The summed E-state index contributed by atoms with van der Waals surface area (Å²) >= 11 is 0. The highest BCUT2D eigenvalue weighted by Crippen LogP contribution is 2.22. The number of anilines is 1. The van der Waals surface area contributed by atoms with Gasteiger partial charge >= 0.3 is 12.0 Å². The van der Waals surface area contributed by atoms with E-state index in [0.717, 1.165) is 6.42 Å². The lowest BCUT2D eigenvalue weighted by Crippen LogP contribution is -2.34. The average molecular weight is 278 g/mol. The van der Waals surface area contributed by atoms with Crippen molar-refractivity contribution in [1.29, 1.82) is 0 Å². The molecule has 20 heavy (non-hydrogen) atoms. The molecule has 1 aliphatic rings. The van der Waals surface area contributed by atoms with Crippen LogP contribution in [0, 0.1) is 12.8 Å². The van der Waals surface area contributed by atoms with E-state index in [9.17, 15) is 9.59 Å². The first-order valence-electron chi connectivity index (χ1n) is 6.52. The number of carbonyl (C=O) groups excluding carboxylic acids is 1. The van der Waals surface area contributed by atoms with Crippen LogP contribution in [0.1, 0.15) is 22.3 Å². The Morgan fingerprint density at radius 1 is 1.45 bits per heavy atom. The van der Waals surface area contributed by atoms with Crippen molar-refractivity contribution >= 4 is 17.7 Å². The summed E-state index contributed by atoms with van der Waals surface area (Å²) in [5, 5.41) is 20.9. The third kappa shape index (κ3) is 2.91. The number of aromatic carboxylic acids is 1. The third-order valence-electron chi connectivity index (χ3n) is 3.57. The van der Waals surface area contributed by atoms with Gasteiger partial charge in [-0.05, 0) is 25.0 Å².